The molecule has 0 radical (unpaired) electrons. The summed E-state index contributed by atoms with van der Waals surface area (Å²) >= 11 is 1.56. The van der Waals surface area contributed by atoms with Gasteiger partial charge in [0.25, 0.3) is 0 Å². The highest BCUT2D eigenvalue weighted by Crippen LogP contribution is 2.29. The fourth-order valence-corrected chi connectivity index (χ4v) is 4.34. The predicted molar refractivity (Wildman–Crippen MR) is 127 cm³/mol. The van der Waals surface area contributed by atoms with Crippen molar-refractivity contribution < 1.29 is 4.79 Å². The second kappa shape index (κ2) is 8.50. The van der Waals surface area contributed by atoms with Gasteiger partial charge in [0, 0.05) is 17.4 Å². The van der Waals surface area contributed by atoms with E-state index in [2.05, 4.69) is 39.6 Å². The zero-order chi connectivity index (χ0) is 21.0. The lowest BCUT2D eigenvalue weighted by atomic mass is 10.0. The van der Waals surface area contributed by atoms with Crippen LogP contribution in [-0.4, -0.2) is 15.9 Å². The van der Waals surface area contributed by atoms with E-state index in [1.165, 1.54) is 5.56 Å². The van der Waals surface area contributed by atoms with Crippen molar-refractivity contribution in [2.75, 3.05) is 5.32 Å². The maximum Gasteiger partial charge on any atom is 0.228 e. The van der Waals surface area contributed by atoms with Crippen molar-refractivity contribution in [3.63, 3.8) is 0 Å². The summed E-state index contributed by atoms with van der Waals surface area (Å²) in [6, 6.07) is 29.9. The maximum atomic E-state index is 12.5. The molecule has 0 aliphatic heterocycles. The maximum absolute atomic E-state index is 12.5. The zero-order valence-electron chi connectivity index (χ0n) is 16.7. The van der Waals surface area contributed by atoms with Gasteiger partial charge in [-0.05, 0) is 53.1 Å². The molecule has 0 aliphatic carbocycles. The summed E-state index contributed by atoms with van der Waals surface area (Å²) in [6.07, 6.45) is 2.11. The van der Waals surface area contributed by atoms with E-state index >= 15 is 0 Å². The number of aromatic nitrogens is 2. The van der Waals surface area contributed by atoms with E-state index in [0.29, 0.717) is 6.42 Å². The number of benzene rings is 3. The largest absolute Gasteiger partial charge is 0.326 e. The quantitative estimate of drug-likeness (QED) is 0.367. The minimum Gasteiger partial charge on any atom is -0.326 e. The van der Waals surface area contributed by atoms with Crippen molar-refractivity contribution in [1.82, 2.24) is 9.97 Å². The molecule has 1 amide bonds. The number of carbonyl (C=O) groups is 1. The Bertz CT molecular complexity index is 1290. The van der Waals surface area contributed by atoms with Gasteiger partial charge in [0.15, 0.2) is 0 Å². The summed E-state index contributed by atoms with van der Waals surface area (Å²) in [4.78, 5) is 22.4. The van der Waals surface area contributed by atoms with E-state index in [4.69, 9.17) is 0 Å². The van der Waals surface area contributed by atoms with Crippen molar-refractivity contribution in [2.45, 2.75) is 6.42 Å². The monoisotopic (exact) mass is 421 g/mol. The van der Waals surface area contributed by atoms with Gasteiger partial charge in [0.2, 0.25) is 5.91 Å². The number of carbonyl (C=O) groups excluding carboxylic acids is 1. The molecule has 31 heavy (non-hydrogen) atoms. The first-order chi connectivity index (χ1) is 15.2. The zero-order valence-corrected chi connectivity index (χ0v) is 17.5. The van der Waals surface area contributed by atoms with E-state index in [0.717, 1.165) is 37.7 Å². The second-order valence-electron chi connectivity index (χ2n) is 7.21. The van der Waals surface area contributed by atoms with Gasteiger partial charge in [0.05, 0.1) is 6.42 Å². The fourth-order valence-electron chi connectivity index (χ4n) is 3.43. The topological polar surface area (TPSA) is 54.9 Å². The van der Waals surface area contributed by atoms with Gasteiger partial charge in [-0.15, -0.1) is 0 Å². The number of thiazole rings is 1. The molecule has 3 aromatic carbocycles. The summed E-state index contributed by atoms with van der Waals surface area (Å²) in [5.74, 6) is -0.0376. The van der Waals surface area contributed by atoms with Crippen LogP contribution in [0.3, 0.4) is 0 Å². The van der Waals surface area contributed by atoms with Gasteiger partial charge < -0.3 is 5.32 Å². The molecule has 0 unspecified atom stereocenters. The summed E-state index contributed by atoms with van der Waals surface area (Å²) in [5, 5.41) is 3.90. The Morgan fingerprint density at radius 1 is 0.774 bits per heavy atom. The normalized spacial score (nSPS) is 10.8. The van der Waals surface area contributed by atoms with Crippen LogP contribution in [0.15, 0.2) is 97.2 Å². The number of anilines is 1. The van der Waals surface area contributed by atoms with Crippen LogP contribution < -0.4 is 5.32 Å². The number of amides is 1. The molecule has 0 saturated heterocycles. The Balaban J connectivity index is 1.23. The lowest BCUT2D eigenvalue weighted by molar-refractivity contribution is -0.115. The number of nitrogens with one attached hydrogen (secondary N) is 1. The Kier molecular flexibility index (Phi) is 5.25. The third-order valence-corrected chi connectivity index (χ3v) is 6.04. The summed E-state index contributed by atoms with van der Waals surface area (Å²) in [5.41, 5.74) is 5.98. The van der Waals surface area contributed by atoms with Crippen LogP contribution in [0.5, 0.6) is 0 Å². The molecule has 0 bridgehead atoms. The molecule has 150 valence electrons. The summed E-state index contributed by atoms with van der Waals surface area (Å²) in [6.45, 7) is 0. The lowest BCUT2D eigenvalue weighted by Crippen LogP contribution is -2.14. The molecule has 4 nitrogen and oxygen atoms in total. The molecule has 1 N–H and O–H groups in total. The Morgan fingerprint density at radius 3 is 2.23 bits per heavy atom. The van der Waals surface area contributed by atoms with Crippen molar-refractivity contribution in [3.05, 3.63) is 103 Å². The van der Waals surface area contributed by atoms with Gasteiger partial charge in [-0.3, -0.25) is 4.79 Å². The number of hydrogen-bond acceptors (Lipinski definition) is 4. The van der Waals surface area contributed by atoms with Crippen LogP contribution in [0.1, 0.15) is 5.56 Å². The number of fused-ring (bicyclic) bond motifs is 1. The molecule has 2 heterocycles. The Hall–Kier alpha value is -3.83. The van der Waals surface area contributed by atoms with E-state index in [1.54, 1.807) is 17.5 Å². The second-order valence-corrected chi connectivity index (χ2v) is 8.19. The number of rotatable bonds is 5. The van der Waals surface area contributed by atoms with E-state index in [-0.39, 0.29) is 5.91 Å². The van der Waals surface area contributed by atoms with E-state index in [9.17, 15) is 4.79 Å². The van der Waals surface area contributed by atoms with Gasteiger partial charge in [-0.1, -0.05) is 65.9 Å². The highest BCUT2D eigenvalue weighted by Gasteiger charge is 2.08. The standard InChI is InChI=1S/C26H19N3OS/c30-24(17-18-8-10-20(11-9-18)19-5-2-1-3-6-19)28-22-14-12-21(13-15-22)25-29-23-7-4-16-27-26(23)31-25/h1-16H,17H2,(H,28,30). The van der Waals surface area contributed by atoms with Crippen LogP contribution in [0, 0.1) is 0 Å². The minimum absolute atomic E-state index is 0.0376. The van der Waals surface area contributed by atoms with E-state index < -0.39 is 0 Å². The third kappa shape index (κ3) is 4.37. The summed E-state index contributed by atoms with van der Waals surface area (Å²) in [7, 11) is 0. The number of hydrogen-bond donors (Lipinski definition) is 1. The molecule has 0 fully saturated rings. The molecule has 0 spiro atoms. The molecule has 5 aromatic rings. The van der Waals surface area contributed by atoms with Crippen molar-refractivity contribution in [2.24, 2.45) is 0 Å². The highest BCUT2D eigenvalue weighted by atomic mass is 32.1. The molecular formula is C26H19N3OS. The first-order valence-electron chi connectivity index (χ1n) is 10.0. The van der Waals surface area contributed by atoms with Gasteiger partial charge >= 0.3 is 0 Å². The average molecular weight is 422 g/mol. The number of nitrogens with zero attached hydrogens (tertiary/aromatic N) is 2. The van der Waals surface area contributed by atoms with Gasteiger partial charge in [-0.2, -0.15) is 0 Å². The molecule has 0 atom stereocenters. The lowest BCUT2D eigenvalue weighted by Gasteiger charge is -2.07. The van der Waals surface area contributed by atoms with Crippen molar-refractivity contribution in [3.8, 4) is 21.7 Å². The molecule has 0 aliphatic rings. The minimum atomic E-state index is -0.0376. The van der Waals surface area contributed by atoms with Crippen molar-refractivity contribution in [1.29, 1.82) is 0 Å². The average Bonchev–Trinajstić information content (AvgIpc) is 3.25. The predicted octanol–water partition coefficient (Wildman–Crippen LogP) is 6.21. The first kappa shape index (κ1) is 19.2. The molecule has 0 saturated carbocycles. The van der Waals surface area contributed by atoms with Gasteiger partial charge in [0.1, 0.15) is 15.4 Å². The molecule has 5 rings (SSSR count). The van der Waals surface area contributed by atoms with Gasteiger partial charge in [-0.25, -0.2) is 9.97 Å². The molecule has 2 aromatic heterocycles. The Labute approximate surface area is 184 Å². The highest BCUT2D eigenvalue weighted by molar-refractivity contribution is 7.21. The molecular weight excluding hydrogens is 402 g/mol. The van der Waals surface area contributed by atoms with Crippen LogP contribution in [0.25, 0.3) is 32.0 Å². The Morgan fingerprint density at radius 2 is 1.48 bits per heavy atom. The molecule has 5 heteroatoms. The van der Waals surface area contributed by atoms with E-state index in [1.807, 2.05) is 66.7 Å². The smallest absolute Gasteiger partial charge is 0.228 e. The van der Waals surface area contributed by atoms with Crippen LogP contribution in [-0.2, 0) is 11.2 Å². The fraction of sp³-hybridized carbons (Fsp3) is 0.0385. The number of pyridine rings is 1. The van der Waals surface area contributed by atoms with Crippen LogP contribution in [0.2, 0.25) is 0 Å². The first-order valence-corrected chi connectivity index (χ1v) is 10.8. The SMILES string of the molecule is O=C(Cc1ccc(-c2ccccc2)cc1)Nc1ccc(-c2nc3cccnc3s2)cc1. The van der Waals surface area contributed by atoms with Crippen molar-refractivity contribution >= 4 is 33.3 Å². The van der Waals surface area contributed by atoms with Crippen LogP contribution in [0.4, 0.5) is 5.69 Å². The summed E-state index contributed by atoms with van der Waals surface area (Å²) < 4.78 is 0. The third-order valence-electron chi connectivity index (χ3n) is 5.01. The van der Waals surface area contributed by atoms with Crippen LogP contribution >= 0.6 is 11.3 Å².